The molecule has 0 saturated carbocycles. The second-order valence-electron chi connectivity index (χ2n) is 6.20. The van der Waals surface area contributed by atoms with Crippen LogP contribution in [-0.2, 0) is 33.7 Å². The molecule has 0 atom stereocenters. The number of carbonyl (C=O) groups is 2. The van der Waals surface area contributed by atoms with E-state index in [0.29, 0.717) is 17.7 Å². The maximum atomic E-state index is 12.9. The van der Waals surface area contributed by atoms with E-state index in [9.17, 15) is 14.4 Å². The molecule has 0 amide bonds. The minimum Gasteiger partial charge on any atom is -0.465 e. The summed E-state index contributed by atoms with van der Waals surface area (Å²) in [5.74, 6) is -1.26. The Hall–Kier alpha value is -2.96. The van der Waals surface area contributed by atoms with Gasteiger partial charge in [0.2, 0.25) is 0 Å². The highest BCUT2D eigenvalue weighted by Gasteiger charge is 2.27. The van der Waals surface area contributed by atoms with Gasteiger partial charge in [0.25, 0.3) is 5.56 Å². The van der Waals surface area contributed by atoms with Crippen molar-refractivity contribution in [1.29, 1.82) is 0 Å². The average Bonchev–Trinajstić information content (AvgIpc) is 2.82. The molecule has 0 N–H and O–H groups in total. The van der Waals surface area contributed by atoms with Gasteiger partial charge >= 0.3 is 11.9 Å². The largest absolute Gasteiger partial charge is 0.465 e. The minimum absolute atomic E-state index is 0.0390. The van der Waals surface area contributed by atoms with Crippen molar-refractivity contribution in [1.82, 2.24) is 9.78 Å². The zero-order valence-corrected chi connectivity index (χ0v) is 15.5. The van der Waals surface area contributed by atoms with Crippen molar-refractivity contribution in [2.75, 3.05) is 13.2 Å². The van der Waals surface area contributed by atoms with E-state index in [1.54, 1.807) is 13.8 Å². The number of rotatable bonds is 5. The molecule has 7 nitrogen and oxygen atoms in total. The molecule has 0 unspecified atom stereocenters. The molecule has 0 fully saturated rings. The predicted molar refractivity (Wildman–Crippen MR) is 98.5 cm³/mol. The molecular formula is C20H22N2O5. The summed E-state index contributed by atoms with van der Waals surface area (Å²) >= 11 is 0. The maximum absolute atomic E-state index is 12.9. The Morgan fingerprint density at radius 1 is 1.11 bits per heavy atom. The summed E-state index contributed by atoms with van der Waals surface area (Å²) in [5.41, 5.74) is 2.44. The average molecular weight is 370 g/mol. The van der Waals surface area contributed by atoms with Gasteiger partial charge < -0.3 is 9.47 Å². The first-order valence-corrected chi connectivity index (χ1v) is 9.11. The van der Waals surface area contributed by atoms with E-state index >= 15 is 0 Å². The number of nitrogens with zero attached hydrogens (tertiary/aromatic N) is 2. The van der Waals surface area contributed by atoms with Crippen LogP contribution in [0.4, 0.5) is 0 Å². The highest BCUT2D eigenvalue weighted by molar-refractivity contribution is 5.93. The molecule has 1 aromatic carbocycles. The SMILES string of the molecule is CCOC(=O)Cn1nc2c(c(C(=O)OCC)c1=O)CCCc1ccccc1-2. The van der Waals surface area contributed by atoms with E-state index in [-0.39, 0.29) is 25.3 Å². The Morgan fingerprint density at radius 2 is 1.85 bits per heavy atom. The number of esters is 2. The molecule has 0 radical (unpaired) electrons. The van der Waals surface area contributed by atoms with Crippen LogP contribution in [0, 0.1) is 0 Å². The fourth-order valence-corrected chi connectivity index (χ4v) is 3.34. The molecule has 1 heterocycles. The van der Waals surface area contributed by atoms with Crippen LogP contribution in [0.2, 0.25) is 0 Å². The predicted octanol–water partition coefficient (Wildman–Crippen LogP) is 2.14. The number of hydrogen-bond donors (Lipinski definition) is 0. The number of ether oxygens (including phenoxy) is 2. The van der Waals surface area contributed by atoms with E-state index in [0.717, 1.165) is 28.7 Å². The van der Waals surface area contributed by atoms with Gasteiger partial charge in [0.1, 0.15) is 12.1 Å². The smallest absolute Gasteiger partial charge is 0.344 e. The molecule has 0 aliphatic heterocycles. The molecule has 7 heteroatoms. The van der Waals surface area contributed by atoms with Gasteiger partial charge in [0, 0.05) is 11.1 Å². The van der Waals surface area contributed by atoms with Crippen molar-refractivity contribution in [3.05, 3.63) is 51.3 Å². The topological polar surface area (TPSA) is 87.5 Å². The standard InChI is InChI=1S/C20H22N2O5/c1-3-26-16(23)12-22-19(24)17(20(25)27-4-2)15-11-7-9-13-8-5-6-10-14(13)18(15)21-22/h5-6,8,10H,3-4,7,9,11-12H2,1-2H3. The second-order valence-corrected chi connectivity index (χ2v) is 6.20. The molecule has 0 spiro atoms. The minimum atomic E-state index is -0.682. The first-order chi connectivity index (χ1) is 13.1. The molecular weight excluding hydrogens is 348 g/mol. The molecule has 2 aromatic rings. The first kappa shape index (κ1) is 18.8. The molecule has 1 aliphatic rings. The third-order valence-electron chi connectivity index (χ3n) is 4.47. The lowest BCUT2D eigenvalue weighted by Gasteiger charge is -2.15. The van der Waals surface area contributed by atoms with E-state index in [1.165, 1.54) is 0 Å². The van der Waals surface area contributed by atoms with Gasteiger partial charge in [-0.2, -0.15) is 5.10 Å². The first-order valence-electron chi connectivity index (χ1n) is 9.11. The lowest BCUT2D eigenvalue weighted by atomic mass is 9.99. The third-order valence-corrected chi connectivity index (χ3v) is 4.47. The Bertz CT molecular complexity index is 932. The molecule has 1 aliphatic carbocycles. The van der Waals surface area contributed by atoms with Crippen LogP contribution in [0.1, 0.15) is 41.8 Å². The monoisotopic (exact) mass is 370 g/mol. The highest BCUT2D eigenvalue weighted by Crippen LogP contribution is 2.31. The summed E-state index contributed by atoms with van der Waals surface area (Å²) in [6, 6.07) is 7.77. The summed E-state index contributed by atoms with van der Waals surface area (Å²) in [6.07, 6.45) is 2.15. The van der Waals surface area contributed by atoms with Crippen molar-refractivity contribution in [2.24, 2.45) is 0 Å². The number of carbonyl (C=O) groups excluding carboxylic acids is 2. The Kier molecular flexibility index (Phi) is 5.69. The highest BCUT2D eigenvalue weighted by atomic mass is 16.5. The van der Waals surface area contributed by atoms with Gasteiger partial charge in [-0.05, 0) is 38.7 Å². The quantitative estimate of drug-likeness (QED) is 0.750. The van der Waals surface area contributed by atoms with E-state index in [1.807, 2.05) is 24.3 Å². The van der Waals surface area contributed by atoms with Crippen LogP contribution in [-0.4, -0.2) is 34.9 Å². The zero-order valence-electron chi connectivity index (χ0n) is 15.5. The van der Waals surface area contributed by atoms with Gasteiger partial charge in [-0.1, -0.05) is 24.3 Å². The fourth-order valence-electron chi connectivity index (χ4n) is 3.34. The molecule has 3 rings (SSSR count). The summed E-state index contributed by atoms with van der Waals surface area (Å²) in [6.45, 7) is 3.38. The molecule has 27 heavy (non-hydrogen) atoms. The summed E-state index contributed by atoms with van der Waals surface area (Å²) < 4.78 is 11.1. The Balaban J connectivity index is 2.23. The van der Waals surface area contributed by atoms with Gasteiger partial charge in [0.05, 0.1) is 18.9 Å². The molecule has 142 valence electrons. The second kappa shape index (κ2) is 8.16. The van der Waals surface area contributed by atoms with E-state index < -0.39 is 17.5 Å². The van der Waals surface area contributed by atoms with Crippen molar-refractivity contribution in [3.63, 3.8) is 0 Å². The van der Waals surface area contributed by atoms with Crippen LogP contribution in [0.25, 0.3) is 11.3 Å². The zero-order chi connectivity index (χ0) is 19.4. The van der Waals surface area contributed by atoms with Crippen molar-refractivity contribution >= 4 is 11.9 Å². The lowest BCUT2D eigenvalue weighted by molar-refractivity contribution is -0.144. The Labute approximate surface area is 156 Å². The number of fused-ring (bicyclic) bond motifs is 3. The van der Waals surface area contributed by atoms with Gasteiger partial charge in [0.15, 0.2) is 0 Å². The summed E-state index contributed by atoms with van der Waals surface area (Å²) in [4.78, 5) is 37.4. The van der Waals surface area contributed by atoms with Crippen molar-refractivity contribution in [2.45, 2.75) is 39.7 Å². The summed E-state index contributed by atoms with van der Waals surface area (Å²) in [7, 11) is 0. The van der Waals surface area contributed by atoms with Crippen LogP contribution < -0.4 is 5.56 Å². The molecule has 1 aromatic heterocycles. The van der Waals surface area contributed by atoms with Gasteiger partial charge in [-0.15, -0.1) is 0 Å². The maximum Gasteiger partial charge on any atom is 0.344 e. The van der Waals surface area contributed by atoms with Gasteiger partial charge in [-0.25, -0.2) is 9.48 Å². The van der Waals surface area contributed by atoms with Crippen molar-refractivity contribution < 1.29 is 19.1 Å². The van der Waals surface area contributed by atoms with Crippen LogP contribution in [0.15, 0.2) is 29.1 Å². The number of aromatic nitrogens is 2. The van der Waals surface area contributed by atoms with Crippen molar-refractivity contribution in [3.8, 4) is 11.3 Å². The molecule has 0 saturated heterocycles. The van der Waals surface area contributed by atoms with Gasteiger partial charge in [-0.3, -0.25) is 9.59 Å². The normalized spacial score (nSPS) is 12.5. The van der Waals surface area contributed by atoms with E-state index in [2.05, 4.69) is 5.10 Å². The lowest BCUT2D eigenvalue weighted by Crippen LogP contribution is -2.34. The number of aryl methyl sites for hydroxylation is 1. The fraction of sp³-hybridized carbons (Fsp3) is 0.400. The Morgan fingerprint density at radius 3 is 2.59 bits per heavy atom. The summed E-state index contributed by atoms with van der Waals surface area (Å²) in [5, 5.41) is 4.44. The number of hydrogen-bond acceptors (Lipinski definition) is 6. The number of benzene rings is 1. The van der Waals surface area contributed by atoms with Crippen LogP contribution in [0.5, 0.6) is 0 Å². The van der Waals surface area contributed by atoms with Crippen LogP contribution >= 0.6 is 0 Å². The van der Waals surface area contributed by atoms with Crippen LogP contribution in [0.3, 0.4) is 0 Å². The third kappa shape index (κ3) is 3.77. The molecule has 0 bridgehead atoms. The van der Waals surface area contributed by atoms with E-state index in [4.69, 9.17) is 9.47 Å².